The molecule has 0 unspecified atom stereocenters. The molecule has 138 valence electrons. The quantitative estimate of drug-likeness (QED) is 0.764. The summed E-state index contributed by atoms with van der Waals surface area (Å²) in [6.07, 6.45) is 1.56. The molecule has 1 N–H and O–H groups in total. The first-order valence-electron chi connectivity index (χ1n) is 8.29. The fourth-order valence-corrected chi connectivity index (χ4v) is 3.45. The van der Waals surface area contributed by atoms with E-state index in [-0.39, 0.29) is 22.6 Å². The Balaban J connectivity index is 1.80. The van der Waals surface area contributed by atoms with E-state index >= 15 is 0 Å². The molecule has 1 aliphatic rings. The number of ether oxygens (including phenoxy) is 1. The molecule has 0 saturated carbocycles. The van der Waals surface area contributed by atoms with E-state index in [1.165, 1.54) is 18.2 Å². The van der Waals surface area contributed by atoms with E-state index in [0.717, 1.165) is 18.7 Å². The Morgan fingerprint density at radius 1 is 1.19 bits per heavy atom. The lowest BCUT2D eigenvalue weighted by atomic mass is 10.0. The van der Waals surface area contributed by atoms with Crippen LogP contribution in [0.2, 0.25) is 10.0 Å². The van der Waals surface area contributed by atoms with Crippen molar-refractivity contribution in [2.24, 2.45) is 4.99 Å². The SMILES string of the molecule is Oc1c(Cl)cc(Cl)cc1C=NC[C@H](c1ccc(F)cc1)N1CCOCC1. The van der Waals surface area contributed by atoms with Crippen LogP contribution in [0.1, 0.15) is 17.2 Å². The maximum Gasteiger partial charge on any atom is 0.143 e. The van der Waals surface area contributed by atoms with Gasteiger partial charge in [-0.05, 0) is 29.8 Å². The van der Waals surface area contributed by atoms with Crippen molar-refractivity contribution < 1.29 is 14.2 Å². The van der Waals surface area contributed by atoms with Crippen LogP contribution in [0.15, 0.2) is 41.4 Å². The van der Waals surface area contributed by atoms with E-state index in [4.69, 9.17) is 27.9 Å². The largest absolute Gasteiger partial charge is 0.506 e. The predicted molar refractivity (Wildman–Crippen MR) is 102 cm³/mol. The number of benzene rings is 2. The normalized spacial score (nSPS) is 16.9. The van der Waals surface area contributed by atoms with Gasteiger partial charge in [0.15, 0.2) is 0 Å². The smallest absolute Gasteiger partial charge is 0.143 e. The van der Waals surface area contributed by atoms with Crippen molar-refractivity contribution in [2.75, 3.05) is 32.8 Å². The molecule has 2 aromatic carbocycles. The van der Waals surface area contributed by atoms with Crippen molar-refractivity contribution in [2.45, 2.75) is 6.04 Å². The third-order valence-corrected chi connectivity index (χ3v) is 4.81. The van der Waals surface area contributed by atoms with E-state index in [1.807, 2.05) is 0 Å². The molecule has 4 nitrogen and oxygen atoms in total. The second-order valence-corrected chi connectivity index (χ2v) is 6.88. The molecule has 1 fully saturated rings. The average molecular weight is 397 g/mol. The van der Waals surface area contributed by atoms with Crippen LogP contribution in [0.4, 0.5) is 4.39 Å². The van der Waals surface area contributed by atoms with Crippen molar-refractivity contribution >= 4 is 29.4 Å². The molecule has 26 heavy (non-hydrogen) atoms. The molecule has 0 aliphatic carbocycles. The van der Waals surface area contributed by atoms with Crippen LogP contribution in [0.5, 0.6) is 5.75 Å². The molecule has 0 spiro atoms. The topological polar surface area (TPSA) is 45.1 Å². The first kappa shape index (κ1) is 19.1. The number of nitrogens with zero attached hydrogens (tertiary/aromatic N) is 2. The number of hydrogen-bond acceptors (Lipinski definition) is 4. The van der Waals surface area contributed by atoms with Crippen molar-refractivity contribution in [1.29, 1.82) is 0 Å². The van der Waals surface area contributed by atoms with Crippen LogP contribution in [-0.2, 0) is 4.74 Å². The minimum absolute atomic E-state index is 0.00690. The summed E-state index contributed by atoms with van der Waals surface area (Å²) in [4.78, 5) is 6.74. The number of morpholine rings is 1. The van der Waals surface area contributed by atoms with Crippen molar-refractivity contribution in [1.82, 2.24) is 4.90 Å². The molecule has 7 heteroatoms. The van der Waals surface area contributed by atoms with Gasteiger partial charge < -0.3 is 9.84 Å². The third kappa shape index (κ3) is 4.74. The number of rotatable bonds is 5. The van der Waals surface area contributed by atoms with Gasteiger partial charge in [-0.3, -0.25) is 9.89 Å². The van der Waals surface area contributed by atoms with Gasteiger partial charge in [-0.1, -0.05) is 35.3 Å². The average Bonchev–Trinajstić information content (AvgIpc) is 2.64. The summed E-state index contributed by atoms with van der Waals surface area (Å²) in [5.41, 5.74) is 1.45. The maximum atomic E-state index is 13.3. The van der Waals surface area contributed by atoms with Crippen molar-refractivity contribution in [3.05, 3.63) is 63.4 Å². The Kier molecular flexibility index (Phi) is 6.48. The summed E-state index contributed by atoms with van der Waals surface area (Å²) in [7, 11) is 0. The first-order valence-corrected chi connectivity index (χ1v) is 9.05. The Bertz CT molecular complexity index is 778. The van der Waals surface area contributed by atoms with E-state index in [2.05, 4.69) is 9.89 Å². The molecule has 1 aliphatic heterocycles. The lowest BCUT2D eigenvalue weighted by molar-refractivity contribution is 0.0180. The molecule has 1 atom stereocenters. The Labute approximate surface area is 161 Å². The van der Waals surface area contributed by atoms with Gasteiger partial charge in [0.05, 0.1) is 30.8 Å². The zero-order valence-electron chi connectivity index (χ0n) is 14.0. The molecule has 0 aromatic heterocycles. The number of halogens is 3. The fourth-order valence-electron chi connectivity index (χ4n) is 2.94. The number of aromatic hydroxyl groups is 1. The van der Waals surface area contributed by atoms with Gasteiger partial charge in [0.2, 0.25) is 0 Å². The molecule has 0 bridgehead atoms. The molecule has 3 rings (SSSR count). The van der Waals surface area contributed by atoms with Gasteiger partial charge in [-0.2, -0.15) is 0 Å². The van der Waals surface area contributed by atoms with Crippen LogP contribution in [0.3, 0.4) is 0 Å². The van der Waals surface area contributed by atoms with Crippen molar-refractivity contribution in [3.63, 3.8) is 0 Å². The Morgan fingerprint density at radius 2 is 1.88 bits per heavy atom. The first-order chi connectivity index (χ1) is 12.5. The number of hydrogen-bond donors (Lipinski definition) is 1. The highest BCUT2D eigenvalue weighted by Crippen LogP contribution is 2.30. The summed E-state index contributed by atoms with van der Waals surface area (Å²) in [6.45, 7) is 3.34. The summed E-state index contributed by atoms with van der Waals surface area (Å²) >= 11 is 11.9. The molecule has 1 saturated heterocycles. The lowest BCUT2D eigenvalue weighted by Gasteiger charge is -2.34. The van der Waals surface area contributed by atoms with Crippen LogP contribution >= 0.6 is 23.2 Å². The van der Waals surface area contributed by atoms with E-state index < -0.39 is 0 Å². The summed E-state index contributed by atoms with van der Waals surface area (Å²) in [5, 5.41) is 10.6. The minimum atomic E-state index is -0.267. The van der Waals surface area contributed by atoms with Gasteiger partial charge in [0, 0.05) is 29.9 Å². The van der Waals surface area contributed by atoms with Gasteiger partial charge in [-0.25, -0.2) is 4.39 Å². The second-order valence-electron chi connectivity index (χ2n) is 6.04. The standard InChI is InChI=1S/C19H19Cl2FN2O2/c20-15-9-14(19(25)17(21)10-15)11-23-12-18(24-5-7-26-8-6-24)13-1-3-16(22)4-2-13/h1-4,9-11,18,25H,5-8,12H2/t18-/m1/s1. The molecule has 0 amide bonds. The van der Waals surface area contributed by atoms with E-state index in [9.17, 15) is 9.50 Å². The zero-order chi connectivity index (χ0) is 18.5. The highest BCUT2D eigenvalue weighted by Gasteiger charge is 2.22. The molecule has 1 heterocycles. The van der Waals surface area contributed by atoms with Gasteiger partial charge in [0.1, 0.15) is 11.6 Å². The minimum Gasteiger partial charge on any atom is -0.506 e. The fraction of sp³-hybridized carbons (Fsp3) is 0.316. The number of phenols is 1. The predicted octanol–water partition coefficient (Wildman–Crippen LogP) is 4.33. The third-order valence-electron chi connectivity index (χ3n) is 4.31. The second kappa shape index (κ2) is 8.82. The van der Waals surface area contributed by atoms with Crippen LogP contribution in [0.25, 0.3) is 0 Å². The van der Waals surface area contributed by atoms with Crippen LogP contribution in [-0.4, -0.2) is 49.1 Å². The summed E-state index contributed by atoms with van der Waals surface area (Å²) < 4.78 is 18.7. The molecule has 0 radical (unpaired) electrons. The van der Waals surface area contributed by atoms with Gasteiger partial charge in [-0.15, -0.1) is 0 Å². The molecular formula is C19H19Cl2FN2O2. The number of phenolic OH excluding ortho intramolecular Hbond substituents is 1. The highest BCUT2D eigenvalue weighted by molar-refractivity contribution is 6.36. The Hall–Kier alpha value is -1.66. The molecule has 2 aromatic rings. The van der Waals surface area contributed by atoms with Crippen LogP contribution in [0, 0.1) is 5.82 Å². The molecular weight excluding hydrogens is 378 g/mol. The number of aliphatic imine (C=N–C) groups is 1. The maximum absolute atomic E-state index is 13.3. The van der Waals surface area contributed by atoms with Gasteiger partial charge >= 0.3 is 0 Å². The van der Waals surface area contributed by atoms with Crippen molar-refractivity contribution in [3.8, 4) is 5.75 Å². The van der Waals surface area contributed by atoms with Gasteiger partial charge in [0.25, 0.3) is 0 Å². The van der Waals surface area contributed by atoms with E-state index in [0.29, 0.717) is 30.3 Å². The zero-order valence-corrected chi connectivity index (χ0v) is 15.5. The highest BCUT2D eigenvalue weighted by atomic mass is 35.5. The monoisotopic (exact) mass is 396 g/mol. The lowest BCUT2D eigenvalue weighted by Crippen LogP contribution is -2.40. The Morgan fingerprint density at radius 3 is 2.58 bits per heavy atom. The van der Waals surface area contributed by atoms with Crippen LogP contribution < -0.4 is 0 Å². The summed E-state index contributed by atoms with van der Waals surface area (Å²) in [6, 6.07) is 9.54. The van der Waals surface area contributed by atoms with E-state index in [1.54, 1.807) is 24.4 Å². The summed E-state index contributed by atoms with van der Waals surface area (Å²) in [5.74, 6) is -0.319.